The molecule has 0 spiro atoms. The van der Waals surface area contributed by atoms with Gasteiger partial charge >= 0.3 is 0 Å². The Morgan fingerprint density at radius 3 is 2.23 bits per heavy atom. The maximum atomic E-state index is 6.67. The van der Waals surface area contributed by atoms with Gasteiger partial charge < -0.3 is 0 Å². The second-order valence-electron chi connectivity index (χ2n) is 6.25. The van der Waals surface area contributed by atoms with Crippen molar-refractivity contribution < 1.29 is 4.18 Å². The summed E-state index contributed by atoms with van der Waals surface area (Å²) < 4.78 is 6.67. The van der Waals surface area contributed by atoms with Crippen molar-refractivity contribution in [2.45, 2.75) is 58.3 Å². The van der Waals surface area contributed by atoms with Gasteiger partial charge in [0.1, 0.15) is 6.10 Å². The summed E-state index contributed by atoms with van der Waals surface area (Å²) in [7, 11) is 0. The van der Waals surface area contributed by atoms with Crippen molar-refractivity contribution in [2.24, 2.45) is 5.92 Å². The molecule has 1 fully saturated rings. The van der Waals surface area contributed by atoms with E-state index in [1.54, 1.807) is 0 Å². The van der Waals surface area contributed by atoms with Crippen molar-refractivity contribution in [1.29, 1.82) is 0 Å². The Kier molecular flexibility index (Phi) is 4.21. The lowest BCUT2D eigenvalue weighted by Crippen LogP contribution is -2.26. The lowest BCUT2D eigenvalue weighted by molar-refractivity contribution is 0.148. The summed E-state index contributed by atoms with van der Waals surface area (Å²) >= 11 is 1.65. The molecule has 1 nitrogen and oxygen atoms in total. The summed E-state index contributed by atoms with van der Waals surface area (Å²) in [6, 6.07) is 17.5. The Morgan fingerprint density at radius 1 is 0.955 bits per heavy atom. The minimum Gasteiger partial charge on any atom is -0.158 e. The summed E-state index contributed by atoms with van der Waals surface area (Å²) in [6.45, 7) is 2.36. The topological polar surface area (TPSA) is 9.23 Å². The zero-order valence-electron chi connectivity index (χ0n) is 12.8. The molecule has 0 bridgehead atoms. The van der Waals surface area contributed by atoms with E-state index >= 15 is 0 Å². The molecule has 1 aliphatic heterocycles. The highest BCUT2D eigenvalue weighted by Gasteiger charge is 2.40. The van der Waals surface area contributed by atoms with Crippen molar-refractivity contribution in [3.63, 3.8) is 0 Å². The Bertz CT molecular complexity index is 624. The van der Waals surface area contributed by atoms with E-state index in [4.69, 9.17) is 4.18 Å². The fourth-order valence-corrected chi connectivity index (χ4v) is 6.69. The van der Waals surface area contributed by atoms with Gasteiger partial charge in [-0.25, -0.2) is 0 Å². The normalized spacial score (nSPS) is 24.6. The molecule has 0 unspecified atom stereocenters. The molecule has 114 valence electrons. The van der Waals surface area contributed by atoms with Gasteiger partial charge in [-0.05, 0) is 43.0 Å². The highest BCUT2D eigenvalue weighted by atomic mass is 32.2. The van der Waals surface area contributed by atoms with Crippen LogP contribution in [-0.2, 0) is 15.4 Å². The molecule has 3 heteroatoms. The number of fused-ring (bicyclic) bond motifs is 2. The molecule has 2 atom stereocenters. The van der Waals surface area contributed by atoms with Gasteiger partial charge in [-0.2, -0.15) is 4.18 Å². The largest absolute Gasteiger partial charge is 0.225 e. The fourth-order valence-electron chi connectivity index (χ4n) is 3.32. The van der Waals surface area contributed by atoms with E-state index in [1.165, 1.54) is 45.3 Å². The second-order valence-corrected chi connectivity index (χ2v) is 8.95. The number of hydrogen-bond donors (Lipinski definition) is 0. The van der Waals surface area contributed by atoms with Crippen LogP contribution in [0.5, 0.6) is 0 Å². The summed E-state index contributed by atoms with van der Waals surface area (Å²) in [5.41, 5.74) is 0. The van der Waals surface area contributed by atoms with Crippen molar-refractivity contribution >= 4 is 22.9 Å². The molecule has 4 rings (SSSR count). The van der Waals surface area contributed by atoms with E-state index in [0.29, 0.717) is 6.10 Å². The van der Waals surface area contributed by atoms with Crippen LogP contribution in [0, 0.1) is 5.92 Å². The fraction of sp³-hybridized carbons (Fsp3) is 0.368. The van der Waals surface area contributed by atoms with Gasteiger partial charge in [0, 0.05) is 0 Å². The Morgan fingerprint density at radius 2 is 1.59 bits per heavy atom. The summed E-state index contributed by atoms with van der Waals surface area (Å²) in [6.07, 6.45) is 5.50. The van der Waals surface area contributed by atoms with Gasteiger partial charge in [0.05, 0.1) is 9.79 Å². The van der Waals surface area contributed by atoms with E-state index in [2.05, 4.69) is 55.5 Å². The van der Waals surface area contributed by atoms with E-state index in [-0.39, 0.29) is 11.2 Å². The van der Waals surface area contributed by atoms with Crippen molar-refractivity contribution in [3.8, 4) is 0 Å². The zero-order valence-corrected chi connectivity index (χ0v) is 14.5. The predicted molar refractivity (Wildman–Crippen MR) is 93.4 cm³/mol. The molecule has 1 aliphatic carbocycles. The highest BCUT2D eigenvalue weighted by Crippen LogP contribution is 2.46. The first kappa shape index (κ1) is 14.7. The summed E-state index contributed by atoms with van der Waals surface area (Å²) in [5.74, 6) is 0.798. The maximum Gasteiger partial charge on any atom is 0.225 e. The minimum absolute atomic E-state index is 0.228. The van der Waals surface area contributed by atoms with Crippen LogP contribution < -0.4 is 0 Å². The number of benzene rings is 2. The minimum atomic E-state index is -0.228. The van der Waals surface area contributed by atoms with Crippen LogP contribution in [0.3, 0.4) is 0 Å². The Labute approximate surface area is 140 Å². The van der Waals surface area contributed by atoms with Crippen LogP contribution in [0.2, 0.25) is 0 Å². The van der Waals surface area contributed by atoms with Gasteiger partial charge in [0.25, 0.3) is 0 Å². The third kappa shape index (κ3) is 2.82. The Balaban J connectivity index is 1.68. The number of hydrogen-bond acceptors (Lipinski definition) is 2. The molecule has 2 aliphatic rings. The van der Waals surface area contributed by atoms with Crippen molar-refractivity contribution in [3.05, 3.63) is 48.5 Å². The SMILES string of the molecule is C[C@H]1CCC[C@@H](O[S+]2c3ccccc3Sc3ccccc32)C1. The van der Waals surface area contributed by atoms with Crippen LogP contribution >= 0.6 is 11.8 Å². The molecule has 1 saturated carbocycles. The van der Waals surface area contributed by atoms with E-state index in [0.717, 1.165) is 5.92 Å². The summed E-state index contributed by atoms with van der Waals surface area (Å²) in [4.78, 5) is 5.44. The van der Waals surface area contributed by atoms with Crippen LogP contribution in [0.25, 0.3) is 0 Å². The molecule has 1 heterocycles. The van der Waals surface area contributed by atoms with Gasteiger partial charge in [-0.3, -0.25) is 0 Å². The third-order valence-electron chi connectivity index (χ3n) is 4.44. The van der Waals surface area contributed by atoms with Crippen LogP contribution in [-0.4, -0.2) is 6.10 Å². The van der Waals surface area contributed by atoms with E-state index in [1.807, 2.05) is 11.8 Å². The molecular weight excluding hydrogens is 308 g/mol. The van der Waals surface area contributed by atoms with Gasteiger partial charge in [-0.15, -0.1) is 0 Å². The molecular formula is C19H21OS2+. The van der Waals surface area contributed by atoms with Crippen molar-refractivity contribution in [2.75, 3.05) is 0 Å². The molecule has 0 radical (unpaired) electrons. The zero-order chi connectivity index (χ0) is 14.9. The smallest absolute Gasteiger partial charge is 0.158 e. The van der Waals surface area contributed by atoms with Crippen LogP contribution in [0.4, 0.5) is 0 Å². The first-order chi connectivity index (χ1) is 10.8. The average molecular weight is 330 g/mol. The quantitative estimate of drug-likeness (QED) is 0.654. The highest BCUT2D eigenvalue weighted by molar-refractivity contribution is 8.02. The molecule has 0 aromatic heterocycles. The van der Waals surface area contributed by atoms with Gasteiger partial charge in [0.15, 0.2) is 0 Å². The van der Waals surface area contributed by atoms with E-state index in [9.17, 15) is 0 Å². The van der Waals surface area contributed by atoms with Crippen molar-refractivity contribution in [1.82, 2.24) is 0 Å². The molecule has 0 amide bonds. The summed E-state index contributed by atoms with van der Waals surface area (Å²) in [5, 5.41) is 0. The second kappa shape index (κ2) is 6.31. The molecule has 22 heavy (non-hydrogen) atoms. The first-order valence-electron chi connectivity index (χ1n) is 8.08. The lowest BCUT2D eigenvalue weighted by Gasteiger charge is -2.26. The van der Waals surface area contributed by atoms with Crippen LogP contribution in [0.1, 0.15) is 32.6 Å². The molecule has 2 aromatic carbocycles. The van der Waals surface area contributed by atoms with Gasteiger partial charge in [-0.1, -0.05) is 55.8 Å². The monoisotopic (exact) mass is 329 g/mol. The van der Waals surface area contributed by atoms with Gasteiger partial charge in [0.2, 0.25) is 21.0 Å². The van der Waals surface area contributed by atoms with Crippen LogP contribution in [0.15, 0.2) is 68.1 Å². The lowest BCUT2D eigenvalue weighted by atomic mass is 9.89. The standard InChI is InChI=1S/C19H21OS2/c1-14-7-6-8-15(13-14)20-22-18-11-4-2-9-16(18)21-17-10-3-5-12-19(17)22/h2-5,9-12,14-15H,6-8,13H2,1H3/q+1/t14-,15+/m0/s1. The average Bonchev–Trinajstić information content (AvgIpc) is 2.55. The Hall–Kier alpha value is -0.900. The van der Waals surface area contributed by atoms with E-state index < -0.39 is 0 Å². The third-order valence-corrected chi connectivity index (χ3v) is 7.82. The molecule has 0 saturated heterocycles. The number of rotatable bonds is 2. The molecule has 0 N–H and O–H groups in total. The predicted octanol–water partition coefficient (Wildman–Crippen LogP) is 5.70. The molecule has 2 aromatic rings. The maximum absolute atomic E-state index is 6.67. The first-order valence-corrected chi connectivity index (χ1v) is 10.1.